The van der Waals surface area contributed by atoms with Crippen molar-refractivity contribution in [1.82, 2.24) is 10.2 Å². The Hall–Kier alpha value is -0.910. The summed E-state index contributed by atoms with van der Waals surface area (Å²) in [7, 11) is -3.48. The van der Waals surface area contributed by atoms with Gasteiger partial charge in [0.05, 0.1) is 25.5 Å². The van der Waals surface area contributed by atoms with Crippen molar-refractivity contribution in [3.63, 3.8) is 0 Å². The van der Waals surface area contributed by atoms with Gasteiger partial charge in [-0.25, -0.2) is 13.6 Å². The molecular formula is C17H29IN4O3S. The molecule has 1 aliphatic rings. The highest BCUT2D eigenvalue weighted by molar-refractivity contribution is 14.0. The predicted octanol–water partition coefficient (Wildman–Crippen LogP) is 1.40. The third kappa shape index (κ3) is 8.65. The zero-order chi connectivity index (χ0) is 18.1. The standard InChI is InChI=1S/C17H28N4O3S.HI/c1-2-19-17(20-9-11-25(18,22)23)21-10-8-16(12-21)14-24-13-15-6-4-3-5-7-15;/h3-7,16H,2,8-14H2,1H3,(H,19,20)(H2,18,22,23);1H. The molecule has 0 aromatic heterocycles. The maximum absolute atomic E-state index is 11.0. The number of nitrogens with two attached hydrogens (primary N) is 1. The molecule has 26 heavy (non-hydrogen) atoms. The van der Waals surface area contributed by atoms with Crippen molar-refractivity contribution in [1.29, 1.82) is 0 Å². The Labute approximate surface area is 173 Å². The van der Waals surface area contributed by atoms with E-state index in [2.05, 4.69) is 27.3 Å². The third-order valence-electron chi connectivity index (χ3n) is 4.02. The van der Waals surface area contributed by atoms with E-state index in [-0.39, 0.29) is 36.3 Å². The average molecular weight is 496 g/mol. The van der Waals surface area contributed by atoms with E-state index in [0.29, 0.717) is 19.1 Å². The van der Waals surface area contributed by atoms with Crippen LogP contribution in [0.5, 0.6) is 0 Å². The molecule has 0 spiro atoms. The number of nitrogens with one attached hydrogen (secondary N) is 1. The third-order valence-corrected chi connectivity index (χ3v) is 4.77. The second-order valence-corrected chi connectivity index (χ2v) is 7.94. The van der Waals surface area contributed by atoms with Crippen LogP contribution < -0.4 is 10.5 Å². The number of hydrogen-bond acceptors (Lipinski definition) is 4. The molecule has 3 N–H and O–H groups in total. The number of benzene rings is 1. The van der Waals surface area contributed by atoms with Crippen LogP contribution >= 0.6 is 24.0 Å². The van der Waals surface area contributed by atoms with Crippen LogP contribution in [-0.2, 0) is 21.4 Å². The first-order valence-corrected chi connectivity index (χ1v) is 10.3. The summed E-state index contributed by atoms with van der Waals surface area (Å²) < 4.78 is 27.9. The molecule has 1 aromatic rings. The van der Waals surface area contributed by atoms with Gasteiger partial charge in [-0.05, 0) is 18.9 Å². The van der Waals surface area contributed by atoms with Crippen molar-refractivity contribution in [2.24, 2.45) is 16.0 Å². The van der Waals surface area contributed by atoms with Gasteiger partial charge < -0.3 is 15.0 Å². The highest BCUT2D eigenvalue weighted by Crippen LogP contribution is 2.17. The van der Waals surface area contributed by atoms with E-state index in [4.69, 9.17) is 9.88 Å². The topological polar surface area (TPSA) is 97.0 Å². The largest absolute Gasteiger partial charge is 0.376 e. The molecule has 0 aliphatic carbocycles. The molecule has 2 rings (SSSR count). The molecule has 0 saturated carbocycles. The molecule has 1 aromatic carbocycles. The Bertz CT molecular complexity index is 655. The SMILES string of the molecule is CCNC(=NCCS(N)(=O)=O)N1CCC(COCc2ccccc2)C1.I. The van der Waals surface area contributed by atoms with Gasteiger partial charge in [-0.15, -0.1) is 24.0 Å². The lowest BCUT2D eigenvalue weighted by atomic mass is 10.1. The van der Waals surface area contributed by atoms with Crippen LogP contribution in [0.15, 0.2) is 35.3 Å². The molecule has 148 valence electrons. The van der Waals surface area contributed by atoms with E-state index in [0.717, 1.165) is 32.0 Å². The molecule has 1 aliphatic heterocycles. The molecule has 1 saturated heterocycles. The number of aliphatic imine (C=N–C) groups is 1. The summed E-state index contributed by atoms with van der Waals surface area (Å²) in [6.45, 7) is 5.98. The smallest absolute Gasteiger partial charge is 0.210 e. The predicted molar refractivity (Wildman–Crippen MR) is 115 cm³/mol. The summed E-state index contributed by atoms with van der Waals surface area (Å²) >= 11 is 0. The van der Waals surface area contributed by atoms with Crippen LogP contribution in [0, 0.1) is 5.92 Å². The van der Waals surface area contributed by atoms with Crippen LogP contribution in [-0.4, -0.2) is 57.8 Å². The minimum atomic E-state index is -3.48. The van der Waals surface area contributed by atoms with Gasteiger partial charge in [0.2, 0.25) is 10.0 Å². The fourth-order valence-electron chi connectivity index (χ4n) is 2.78. The van der Waals surface area contributed by atoms with Crippen molar-refractivity contribution in [3.8, 4) is 0 Å². The normalized spacial score (nSPS) is 17.8. The first kappa shape index (κ1) is 23.1. The highest BCUT2D eigenvalue weighted by atomic mass is 127. The molecule has 0 bridgehead atoms. The second kappa shape index (κ2) is 11.7. The molecule has 1 atom stereocenters. The number of primary sulfonamides is 1. The number of halogens is 1. The summed E-state index contributed by atoms with van der Waals surface area (Å²) in [5, 5.41) is 8.24. The van der Waals surface area contributed by atoms with E-state index in [1.165, 1.54) is 5.56 Å². The molecule has 1 heterocycles. The summed E-state index contributed by atoms with van der Waals surface area (Å²) in [5.41, 5.74) is 1.18. The lowest BCUT2D eigenvalue weighted by Gasteiger charge is -2.21. The van der Waals surface area contributed by atoms with Gasteiger partial charge in [0.15, 0.2) is 5.96 Å². The molecule has 1 unspecified atom stereocenters. The maximum atomic E-state index is 11.0. The number of likely N-dealkylation sites (tertiary alicyclic amines) is 1. The summed E-state index contributed by atoms with van der Waals surface area (Å²) in [5.74, 6) is 1.06. The summed E-state index contributed by atoms with van der Waals surface area (Å²) in [6.07, 6.45) is 1.04. The zero-order valence-corrected chi connectivity index (χ0v) is 18.3. The van der Waals surface area contributed by atoms with Crippen LogP contribution in [0.2, 0.25) is 0 Å². The number of ether oxygens (including phenoxy) is 1. The maximum Gasteiger partial charge on any atom is 0.210 e. The summed E-state index contributed by atoms with van der Waals surface area (Å²) in [4.78, 5) is 6.53. The van der Waals surface area contributed by atoms with Gasteiger partial charge in [0.1, 0.15) is 0 Å². The number of hydrogen-bond donors (Lipinski definition) is 2. The lowest BCUT2D eigenvalue weighted by Crippen LogP contribution is -2.40. The summed E-state index contributed by atoms with van der Waals surface area (Å²) in [6, 6.07) is 10.1. The van der Waals surface area contributed by atoms with Crippen molar-refractivity contribution in [2.45, 2.75) is 20.0 Å². The Kier molecular flexibility index (Phi) is 10.4. The first-order chi connectivity index (χ1) is 12.0. The molecule has 0 radical (unpaired) electrons. The van der Waals surface area contributed by atoms with E-state index in [9.17, 15) is 8.42 Å². The van der Waals surface area contributed by atoms with E-state index in [1.54, 1.807) is 0 Å². The van der Waals surface area contributed by atoms with Crippen molar-refractivity contribution < 1.29 is 13.2 Å². The Balaban J connectivity index is 0.00000338. The van der Waals surface area contributed by atoms with E-state index >= 15 is 0 Å². The Morgan fingerprint density at radius 2 is 2.12 bits per heavy atom. The first-order valence-electron chi connectivity index (χ1n) is 8.63. The van der Waals surface area contributed by atoms with E-state index < -0.39 is 10.0 Å². The molecular weight excluding hydrogens is 467 g/mol. The highest BCUT2D eigenvalue weighted by Gasteiger charge is 2.25. The fourth-order valence-corrected chi connectivity index (χ4v) is 3.13. The molecule has 1 fully saturated rings. The van der Waals surface area contributed by atoms with Crippen molar-refractivity contribution >= 4 is 40.0 Å². The van der Waals surface area contributed by atoms with Crippen molar-refractivity contribution in [2.75, 3.05) is 38.5 Å². The van der Waals surface area contributed by atoms with Crippen LogP contribution in [0.4, 0.5) is 0 Å². The minimum Gasteiger partial charge on any atom is -0.376 e. The number of rotatable bonds is 8. The van der Waals surface area contributed by atoms with Gasteiger partial charge in [0.25, 0.3) is 0 Å². The number of guanidine groups is 1. The van der Waals surface area contributed by atoms with Gasteiger partial charge >= 0.3 is 0 Å². The quantitative estimate of drug-likeness (QED) is 0.322. The van der Waals surface area contributed by atoms with Crippen LogP contribution in [0.3, 0.4) is 0 Å². The average Bonchev–Trinajstić information content (AvgIpc) is 3.03. The molecule has 0 amide bonds. The number of nitrogens with zero attached hydrogens (tertiary/aromatic N) is 2. The molecule has 9 heteroatoms. The van der Waals surface area contributed by atoms with Gasteiger partial charge in [-0.2, -0.15) is 0 Å². The second-order valence-electron chi connectivity index (χ2n) is 6.20. The van der Waals surface area contributed by atoms with E-state index in [1.807, 2.05) is 25.1 Å². The Morgan fingerprint density at radius 3 is 2.77 bits per heavy atom. The van der Waals surface area contributed by atoms with Crippen molar-refractivity contribution in [3.05, 3.63) is 35.9 Å². The Morgan fingerprint density at radius 1 is 1.38 bits per heavy atom. The van der Waals surface area contributed by atoms with Gasteiger partial charge in [0, 0.05) is 25.6 Å². The molecule has 7 nitrogen and oxygen atoms in total. The lowest BCUT2D eigenvalue weighted by molar-refractivity contribution is 0.0907. The number of sulfonamides is 1. The van der Waals surface area contributed by atoms with Crippen LogP contribution in [0.1, 0.15) is 18.9 Å². The van der Waals surface area contributed by atoms with Gasteiger partial charge in [-0.1, -0.05) is 30.3 Å². The monoisotopic (exact) mass is 496 g/mol. The fraction of sp³-hybridized carbons (Fsp3) is 0.588. The minimum absolute atomic E-state index is 0. The van der Waals surface area contributed by atoms with Crippen LogP contribution in [0.25, 0.3) is 0 Å². The zero-order valence-electron chi connectivity index (χ0n) is 15.1. The van der Waals surface area contributed by atoms with Gasteiger partial charge in [-0.3, -0.25) is 4.99 Å².